The molecule has 2 aromatic carbocycles. The first-order valence-corrected chi connectivity index (χ1v) is 8.10. The van der Waals surface area contributed by atoms with Crippen LogP contribution in [0.2, 0.25) is 0 Å². The number of anilines is 2. The van der Waals surface area contributed by atoms with Gasteiger partial charge in [0.2, 0.25) is 0 Å². The number of alkyl halides is 3. The lowest BCUT2D eigenvalue weighted by molar-refractivity contribution is -0.200. The molecule has 0 saturated heterocycles. The van der Waals surface area contributed by atoms with Crippen LogP contribution in [0.25, 0.3) is 0 Å². The van der Waals surface area contributed by atoms with Gasteiger partial charge in [-0.15, -0.1) is 0 Å². The van der Waals surface area contributed by atoms with Gasteiger partial charge in [0.05, 0.1) is 5.41 Å². The van der Waals surface area contributed by atoms with E-state index in [-0.39, 0.29) is 18.8 Å². The van der Waals surface area contributed by atoms with Crippen LogP contribution in [-0.4, -0.2) is 6.18 Å². The SMILES string of the molecule is Nc1cc(N)cc(C2CCC(c3ccccc3)(C(F)(F)F)CC2)c1. The molecule has 1 fully saturated rings. The highest BCUT2D eigenvalue weighted by Gasteiger charge is 2.56. The van der Waals surface area contributed by atoms with Gasteiger partial charge in [0, 0.05) is 11.4 Å². The number of halogens is 3. The second kappa shape index (κ2) is 6.04. The van der Waals surface area contributed by atoms with E-state index in [4.69, 9.17) is 11.5 Å². The lowest BCUT2D eigenvalue weighted by Gasteiger charge is -2.42. The summed E-state index contributed by atoms with van der Waals surface area (Å²) in [6.07, 6.45) is -3.15. The molecule has 1 saturated carbocycles. The second-order valence-corrected chi connectivity index (χ2v) is 6.65. The summed E-state index contributed by atoms with van der Waals surface area (Å²) in [4.78, 5) is 0. The van der Waals surface area contributed by atoms with Crippen molar-refractivity contribution in [1.29, 1.82) is 0 Å². The van der Waals surface area contributed by atoms with Crippen molar-refractivity contribution in [3.63, 3.8) is 0 Å². The zero-order valence-electron chi connectivity index (χ0n) is 13.3. The second-order valence-electron chi connectivity index (χ2n) is 6.65. The Hall–Kier alpha value is -2.17. The van der Waals surface area contributed by atoms with Crippen molar-refractivity contribution in [2.45, 2.75) is 43.2 Å². The van der Waals surface area contributed by atoms with Crippen molar-refractivity contribution < 1.29 is 13.2 Å². The van der Waals surface area contributed by atoms with Crippen molar-refractivity contribution >= 4 is 11.4 Å². The van der Waals surface area contributed by atoms with Crippen molar-refractivity contribution in [3.05, 3.63) is 59.7 Å². The number of hydrogen-bond donors (Lipinski definition) is 2. The van der Waals surface area contributed by atoms with Gasteiger partial charge in [0.1, 0.15) is 0 Å². The number of hydrogen-bond acceptors (Lipinski definition) is 2. The molecule has 0 atom stereocenters. The van der Waals surface area contributed by atoms with Gasteiger partial charge in [0.15, 0.2) is 0 Å². The van der Waals surface area contributed by atoms with Gasteiger partial charge in [-0.2, -0.15) is 13.2 Å². The molecule has 3 rings (SSSR count). The summed E-state index contributed by atoms with van der Waals surface area (Å²) in [6.45, 7) is 0. The molecular formula is C19H21F3N2. The van der Waals surface area contributed by atoms with Crippen molar-refractivity contribution in [2.24, 2.45) is 0 Å². The maximum absolute atomic E-state index is 13.9. The van der Waals surface area contributed by atoms with Crippen LogP contribution in [-0.2, 0) is 5.41 Å². The van der Waals surface area contributed by atoms with Crippen LogP contribution < -0.4 is 11.5 Å². The minimum atomic E-state index is -4.26. The molecule has 0 radical (unpaired) electrons. The number of nitrogen functional groups attached to an aromatic ring is 2. The quantitative estimate of drug-likeness (QED) is 0.759. The predicted molar refractivity (Wildman–Crippen MR) is 90.7 cm³/mol. The minimum Gasteiger partial charge on any atom is -0.399 e. The Morgan fingerprint density at radius 2 is 1.42 bits per heavy atom. The Labute approximate surface area is 139 Å². The standard InChI is InChI=1S/C19H21F3N2/c20-19(21,22)18(15-4-2-1-3-5-15)8-6-13(7-9-18)14-10-16(23)12-17(24)11-14/h1-5,10-13H,6-9,23-24H2. The highest BCUT2D eigenvalue weighted by atomic mass is 19.4. The molecule has 128 valence electrons. The highest BCUT2D eigenvalue weighted by molar-refractivity contribution is 5.55. The molecule has 24 heavy (non-hydrogen) atoms. The van der Waals surface area contributed by atoms with Crippen molar-refractivity contribution in [2.75, 3.05) is 11.5 Å². The zero-order valence-corrected chi connectivity index (χ0v) is 13.3. The summed E-state index contributed by atoms with van der Waals surface area (Å²) in [5.41, 5.74) is 12.3. The Bertz CT molecular complexity index is 682. The van der Waals surface area contributed by atoms with Crippen LogP contribution in [0.15, 0.2) is 48.5 Å². The smallest absolute Gasteiger partial charge is 0.398 e. The van der Waals surface area contributed by atoms with Gasteiger partial charge in [-0.1, -0.05) is 30.3 Å². The van der Waals surface area contributed by atoms with Gasteiger partial charge in [0.25, 0.3) is 0 Å². The first-order chi connectivity index (χ1) is 11.3. The van der Waals surface area contributed by atoms with E-state index in [1.807, 2.05) is 12.1 Å². The molecule has 1 aliphatic rings. The first-order valence-electron chi connectivity index (χ1n) is 8.10. The third-order valence-corrected chi connectivity index (χ3v) is 5.18. The Morgan fingerprint density at radius 3 is 1.92 bits per heavy atom. The fourth-order valence-corrected chi connectivity index (χ4v) is 3.87. The van der Waals surface area contributed by atoms with Crippen molar-refractivity contribution in [3.8, 4) is 0 Å². The van der Waals surface area contributed by atoms with Crippen LogP contribution in [0.4, 0.5) is 24.5 Å². The molecular weight excluding hydrogens is 313 g/mol. The van der Waals surface area contributed by atoms with Crippen LogP contribution in [0.1, 0.15) is 42.7 Å². The van der Waals surface area contributed by atoms with Gasteiger partial charge in [-0.25, -0.2) is 0 Å². The summed E-state index contributed by atoms with van der Waals surface area (Å²) in [5.74, 6) is 0.0648. The molecule has 0 amide bonds. The average molecular weight is 334 g/mol. The molecule has 4 N–H and O–H groups in total. The molecule has 0 unspecified atom stereocenters. The third kappa shape index (κ3) is 2.95. The Morgan fingerprint density at radius 1 is 0.875 bits per heavy atom. The normalized spacial score (nSPS) is 24.7. The van der Waals surface area contributed by atoms with E-state index < -0.39 is 11.6 Å². The van der Waals surface area contributed by atoms with E-state index in [9.17, 15) is 13.2 Å². The number of rotatable bonds is 2. The van der Waals surface area contributed by atoms with E-state index in [1.165, 1.54) is 0 Å². The van der Waals surface area contributed by atoms with Crippen molar-refractivity contribution in [1.82, 2.24) is 0 Å². The monoisotopic (exact) mass is 334 g/mol. The Kier molecular flexibility index (Phi) is 4.20. The molecule has 0 aliphatic heterocycles. The molecule has 2 aromatic rings. The van der Waals surface area contributed by atoms with E-state index in [0.717, 1.165) is 5.56 Å². The third-order valence-electron chi connectivity index (χ3n) is 5.18. The lowest BCUT2D eigenvalue weighted by Crippen LogP contribution is -2.45. The lowest BCUT2D eigenvalue weighted by atomic mass is 9.65. The molecule has 5 heteroatoms. The highest BCUT2D eigenvalue weighted by Crippen LogP contribution is 2.53. The average Bonchev–Trinajstić information content (AvgIpc) is 2.54. The summed E-state index contributed by atoms with van der Waals surface area (Å²) in [5, 5.41) is 0. The number of benzene rings is 2. The maximum Gasteiger partial charge on any atom is 0.398 e. The van der Waals surface area contributed by atoms with E-state index in [1.54, 1.807) is 36.4 Å². The summed E-state index contributed by atoms with van der Waals surface area (Å²) >= 11 is 0. The van der Waals surface area contributed by atoms with Crippen LogP contribution in [0.3, 0.4) is 0 Å². The minimum absolute atomic E-state index is 0.0648. The van der Waals surface area contributed by atoms with Gasteiger partial charge >= 0.3 is 6.18 Å². The Balaban J connectivity index is 1.88. The molecule has 1 aliphatic carbocycles. The summed E-state index contributed by atoms with van der Waals surface area (Å²) < 4.78 is 41.7. The van der Waals surface area contributed by atoms with Gasteiger partial charge < -0.3 is 11.5 Å². The first kappa shape index (κ1) is 16.7. The number of nitrogens with two attached hydrogens (primary N) is 2. The van der Waals surface area contributed by atoms with Gasteiger partial charge in [-0.05, 0) is 60.9 Å². The van der Waals surface area contributed by atoms with Gasteiger partial charge in [-0.3, -0.25) is 0 Å². The maximum atomic E-state index is 13.9. The topological polar surface area (TPSA) is 52.0 Å². The van der Waals surface area contributed by atoms with E-state index in [2.05, 4.69) is 0 Å². The van der Waals surface area contributed by atoms with E-state index >= 15 is 0 Å². The van der Waals surface area contributed by atoms with Crippen LogP contribution >= 0.6 is 0 Å². The molecule has 2 nitrogen and oxygen atoms in total. The zero-order chi connectivity index (χ0) is 17.4. The summed E-state index contributed by atoms with van der Waals surface area (Å²) in [7, 11) is 0. The van der Waals surface area contributed by atoms with E-state index in [0.29, 0.717) is 29.8 Å². The summed E-state index contributed by atoms with van der Waals surface area (Å²) in [6, 6.07) is 13.6. The largest absolute Gasteiger partial charge is 0.399 e. The molecule has 0 aromatic heterocycles. The molecule has 0 heterocycles. The molecule has 0 bridgehead atoms. The predicted octanol–water partition coefficient (Wildman–Crippen LogP) is 5.01. The fourth-order valence-electron chi connectivity index (χ4n) is 3.87. The molecule has 0 spiro atoms. The van der Waals surface area contributed by atoms with Crippen LogP contribution in [0, 0.1) is 0 Å². The fraction of sp³-hybridized carbons (Fsp3) is 0.368. The van der Waals surface area contributed by atoms with Crippen LogP contribution in [0.5, 0.6) is 0 Å².